The minimum absolute atomic E-state index is 0. The molecule has 0 bridgehead atoms. The molecule has 1 aromatic heterocycles. The Morgan fingerprint density at radius 2 is 2.07 bits per heavy atom. The summed E-state index contributed by atoms with van der Waals surface area (Å²) in [7, 11) is 0. The van der Waals surface area contributed by atoms with Gasteiger partial charge in [-0.15, -0.1) is 12.4 Å². The molecule has 5 heteroatoms. The maximum Gasteiger partial charge on any atom is 0.326 e. The number of imidazole rings is 1. The average Bonchev–Trinajstić information content (AvgIpc) is 2.44. The van der Waals surface area contributed by atoms with Crippen molar-refractivity contribution >= 4 is 23.4 Å². The van der Waals surface area contributed by atoms with E-state index in [-0.39, 0.29) is 18.1 Å². The zero-order valence-electron chi connectivity index (χ0n) is 7.56. The summed E-state index contributed by atoms with van der Waals surface area (Å²) < 4.78 is 1.65. The Bertz CT molecular complexity index is 474. The molecule has 1 aromatic carbocycles. The molecular weight excluding hydrogens is 202 g/mol. The van der Waals surface area contributed by atoms with E-state index in [1.807, 2.05) is 24.3 Å². The van der Waals surface area contributed by atoms with Crippen LogP contribution in [0.4, 0.5) is 0 Å². The van der Waals surface area contributed by atoms with Gasteiger partial charge in [0.15, 0.2) is 0 Å². The second kappa shape index (κ2) is 4.30. The molecule has 0 aliphatic carbocycles. The quantitative estimate of drug-likeness (QED) is 0.772. The second-order valence-electron chi connectivity index (χ2n) is 2.89. The van der Waals surface area contributed by atoms with Crippen molar-refractivity contribution in [2.24, 2.45) is 5.73 Å². The van der Waals surface area contributed by atoms with Crippen LogP contribution >= 0.6 is 12.4 Å². The Morgan fingerprint density at radius 3 is 2.79 bits per heavy atom. The smallest absolute Gasteiger partial charge is 0.326 e. The molecule has 0 saturated heterocycles. The lowest BCUT2D eigenvalue weighted by molar-refractivity contribution is 0.703. The zero-order valence-corrected chi connectivity index (χ0v) is 8.38. The number of hydrogen-bond acceptors (Lipinski definition) is 2. The number of halogens is 1. The van der Waals surface area contributed by atoms with Gasteiger partial charge in [0.05, 0.1) is 11.0 Å². The summed E-state index contributed by atoms with van der Waals surface area (Å²) in [5, 5.41) is 0. The van der Waals surface area contributed by atoms with Crippen molar-refractivity contribution in [3.05, 3.63) is 34.7 Å². The lowest BCUT2D eigenvalue weighted by Gasteiger charge is -1.98. The maximum atomic E-state index is 11.4. The van der Waals surface area contributed by atoms with Crippen LogP contribution in [0.5, 0.6) is 0 Å². The van der Waals surface area contributed by atoms with Gasteiger partial charge in [-0.25, -0.2) is 4.79 Å². The average molecular weight is 214 g/mol. The molecule has 0 aliphatic rings. The molecule has 0 atom stereocenters. The summed E-state index contributed by atoms with van der Waals surface area (Å²) in [4.78, 5) is 14.1. The summed E-state index contributed by atoms with van der Waals surface area (Å²) in [5.41, 5.74) is 7.09. The van der Waals surface area contributed by atoms with E-state index < -0.39 is 0 Å². The third-order valence-electron chi connectivity index (χ3n) is 2.03. The highest BCUT2D eigenvalue weighted by atomic mass is 35.5. The van der Waals surface area contributed by atoms with Crippen molar-refractivity contribution in [2.75, 3.05) is 6.54 Å². The van der Waals surface area contributed by atoms with Crippen LogP contribution in [-0.2, 0) is 6.54 Å². The van der Waals surface area contributed by atoms with Crippen LogP contribution in [0.3, 0.4) is 0 Å². The number of benzene rings is 1. The van der Waals surface area contributed by atoms with E-state index >= 15 is 0 Å². The van der Waals surface area contributed by atoms with Crippen molar-refractivity contribution in [1.29, 1.82) is 0 Å². The van der Waals surface area contributed by atoms with E-state index in [9.17, 15) is 4.79 Å². The van der Waals surface area contributed by atoms with E-state index in [1.165, 1.54) is 0 Å². The summed E-state index contributed by atoms with van der Waals surface area (Å²) in [6, 6.07) is 7.58. The van der Waals surface area contributed by atoms with Crippen LogP contribution in [0.2, 0.25) is 0 Å². The first-order chi connectivity index (χ1) is 6.33. The van der Waals surface area contributed by atoms with E-state index in [1.54, 1.807) is 4.57 Å². The van der Waals surface area contributed by atoms with Gasteiger partial charge >= 0.3 is 5.69 Å². The molecule has 0 fully saturated rings. The van der Waals surface area contributed by atoms with E-state index in [0.29, 0.717) is 13.1 Å². The standard InChI is InChI=1S/C9H11N3O.ClH/c10-5-6-12-8-4-2-1-3-7(8)11-9(12)13;/h1-4H,5-6,10H2,(H,11,13);1H. The molecule has 0 amide bonds. The fourth-order valence-corrected chi connectivity index (χ4v) is 1.46. The normalized spacial score (nSPS) is 10.1. The van der Waals surface area contributed by atoms with Crippen LogP contribution in [0, 0.1) is 0 Å². The van der Waals surface area contributed by atoms with Crippen molar-refractivity contribution in [3.8, 4) is 0 Å². The number of aromatic nitrogens is 2. The van der Waals surface area contributed by atoms with Crippen molar-refractivity contribution < 1.29 is 0 Å². The molecule has 0 radical (unpaired) electrons. The number of nitrogens with one attached hydrogen (secondary N) is 1. The van der Waals surface area contributed by atoms with Gasteiger partial charge in [-0.2, -0.15) is 0 Å². The highest BCUT2D eigenvalue weighted by molar-refractivity contribution is 5.85. The fraction of sp³-hybridized carbons (Fsp3) is 0.222. The first kappa shape index (κ1) is 10.8. The lowest BCUT2D eigenvalue weighted by atomic mass is 10.3. The third kappa shape index (κ3) is 1.66. The number of para-hydroxylation sites is 2. The Morgan fingerprint density at radius 1 is 1.36 bits per heavy atom. The van der Waals surface area contributed by atoms with Crippen LogP contribution in [-0.4, -0.2) is 16.1 Å². The highest BCUT2D eigenvalue weighted by Gasteiger charge is 2.03. The number of aromatic amines is 1. The maximum absolute atomic E-state index is 11.4. The zero-order chi connectivity index (χ0) is 9.26. The van der Waals surface area contributed by atoms with E-state index in [4.69, 9.17) is 5.73 Å². The van der Waals surface area contributed by atoms with E-state index in [0.717, 1.165) is 11.0 Å². The number of nitrogens with two attached hydrogens (primary N) is 1. The topological polar surface area (TPSA) is 63.8 Å². The molecule has 0 unspecified atom stereocenters. The van der Waals surface area contributed by atoms with Crippen LogP contribution < -0.4 is 11.4 Å². The van der Waals surface area contributed by atoms with Gasteiger partial charge in [-0.1, -0.05) is 12.1 Å². The predicted octanol–water partition coefficient (Wildman–Crippen LogP) is 0.710. The third-order valence-corrected chi connectivity index (χ3v) is 2.03. The summed E-state index contributed by atoms with van der Waals surface area (Å²) in [6.07, 6.45) is 0. The molecule has 4 nitrogen and oxygen atoms in total. The number of nitrogens with zero attached hydrogens (tertiary/aromatic N) is 1. The van der Waals surface area contributed by atoms with Gasteiger partial charge < -0.3 is 10.7 Å². The molecule has 2 aromatic rings. The minimum atomic E-state index is -0.0911. The minimum Gasteiger partial charge on any atom is -0.329 e. The van der Waals surface area contributed by atoms with Gasteiger partial charge in [0.2, 0.25) is 0 Å². The predicted molar refractivity (Wildman–Crippen MR) is 58.9 cm³/mol. The van der Waals surface area contributed by atoms with Gasteiger partial charge in [-0.05, 0) is 12.1 Å². The number of fused-ring (bicyclic) bond motifs is 1. The van der Waals surface area contributed by atoms with Crippen molar-refractivity contribution in [3.63, 3.8) is 0 Å². The molecule has 3 N–H and O–H groups in total. The molecule has 14 heavy (non-hydrogen) atoms. The van der Waals surface area contributed by atoms with Crippen LogP contribution in [0.15, 0.2) is 29.1 Å². The van der Waals surface area contributed by atoms with Crippen LogP contribution in [0.1, 0.15) is 0 Å². The molecule has 0 saturated carbocycles. The first-order valence-corrected chi connectivity index (χ1v) is 4.20. The van der Waals surface area contributed by atoms with Crippen LogP contribution in [0.25, 0.3) is 11.0 Å². The summed E-state index contributed by atoms with van der Waals surface area (Å²) in [6.45, 7) is 1.03. The first-order valence-electron chi connectivity index (χ1n) is 4.20. The largest absolute Gasteiger partial charge is 0.329 e. The Kier molecular flexibility index (Phi) is 3.33. The highest BCUT2D eigenvalue weighted by Crippen LogP contribution is 2.07. The second-order valence-corrected chi connectivity index (χ2v) is 2.89. The molecule has 2 rings (SSSR count). The van der Waals surface area contributed by atoms with Crippen molar-refractivity contribution in [1.82, 2.24) is 9.55 Å². The molecule has 0 aliphatic heterocycles. The van der Waals surface area contributed by atoms with Gasteiger partial charge in [-0.3, -0.25) is 4.57 Å². The van der Waals surface area contributed by atoms with Crippen molar-refractivity contribution in [2.45, 2.75) is 6.54 Å². The Balaban J connectivity index is 0.000000980. The number of rotatable bonds is 2. The molecular formula is C9H12ClN3O. The molecule has 1 heterocycles. The molecule has 0 spiro atoms. The monoisotopic (exact) mass is 213 g/mol. The lowest BCUT2D eigenvalue weighted by Crippen LogP contribution is -2.21. The summed E-state index contributed by atoms with van der Waals surface area (Å²) in [5.74, 6) is 0. The molecule has 76 valence electrons. The Hall–Kier alpha value is -1.26. The Labute approximate surface area is 87.1 Å². The van der Waals surface area contributed by atoms with E-state index in [2.05, 4.69) is 4.98 Å². The van der Waals surface area contributed by atoms with Gasteiger partial charge in [0.25, 0.3) is 0 Å². The number of H-pyrrole nitrogens is 1. The number of hydrogen-bond donors (Lipinski definition) is 2. The van der Waals surface area contributed by atoms with Gasteiger partial charge in [0.1, 0.15) is 0 Å². The van der Waals surface area contributed by atoms with Gasteiger partial charge in [0, 0.05) is 13.1 Å². The summed E-state index contributed by atoms with van der Waals surface area (Å²) >= 11 is 0. The fourth-order valence-electron chi connectivity index (χ4n) is 1.46. The SMILES string of the molecule is Cl.NCCn1c(=O)[nH]c2ccccc21.